The van der Waals surface area contributed by atoms with Crippen LogP contribution in [-0.4, -0.2) is 16.2 Å². The average Bonchev–Trinajstić information content (AvgIpc) is 2.86. The molecular weight excluding hydrogens is 274 g/mol. The van der Waals surface area contributed by atoms with Crippen LogP contribution >= 0.6 is 0 Å². The molecular formula is C18H19N3O. The van der Waals surface area contributed by atoms with Crippen LogP contribution in [-0.2, 0) is 6.54 Å². The van der Waals surface area contributed by atoms with Gasteiger partial charge in [0.25, 0.3) is 0 Å². The molecule has 0 spiro atoms. The maximum absolute atomic E-state index is 5.90. The van der Waals surface area contributed by atoms with Crippen LogP contribution in [0.2, 0.25) is 0 Å². The number of nitrogen functional groups attached to an aromatic ring is 1. The van der Waals surface area contributed by atoms with E-state index in [0.29, 0.717) is 13.2 Å². The van der Waals surface area contributed by atoms with Crippen LogP contribution in [0.1, 0.15) is 6.92 Å². The molecule has 0 saturated heterocycles. The molecule has 3 rings (SSSR count). The Morgan fingerprint density at radius 1 is 1.27 bits per heavy atom. The molecule has 0 unspecified atom stereocenters. The van der Waals surface area contributed by atoms with Gasteiger partial charge in [-0.25, -0.2) is 4.98 Å². The molecule has 1 aromatic heterocycles. The highest BCUT2D eigenvalue weighted by molar-refractivity contribution is 5.82. The summed E-state index contributed by atoms with van der Waals surface area (Å²) >= 11 is 0. The van der Waals surface area contributed by atoms with Crippen LogP contribution in [0.25, 0.3) is 22.4 Å². The molecule has 1 heterocycles. The molecule has 0 aliphatic carbocycles. The van der Waals surface area contributed by atoms with E-state index in [1.165, 1.54) is 0 Å². The molecule has 0 saturated carbocycles. The zero-order chi connectivity index (χ0) is 15.5. The van der Waals surface area contributed by atoms with Gasteiger partial charge >= 0.3 is 0 Å². The monoisotopic (exact) mass is 293 g/mol. The van der Waals surface area contributed by atoms with Crippen molar-refractivity contribution in [3.05, 3.63) is 55.1 Å². The van der Waals surface area contributed by atoms with Crippen LogP contribution in [0.15, 0.2) is 55.1 Å². The van der Waals surface area contributed by atoms with Gasteiger partial charge in [0.1, 0.15) is 11.6 Å². The highest BCUT2D eigenvalue weighted by Crippen LogP contribution is 2.28. The molecule has 0 amide bonds. The smallest absolute Gasteiger partial charge is 0.141 e. The summed E-state index contributed by atoms with van der Waals surface area (Å²) in [4.78, 5) is 4.77. The molecule has 4 heteroatoms. The maximum Gasteiger partial charge on any atom is 0.141 e. The van der Waals surface area contributed by atoms with Crippen LogP contribution in [0.4, 0.5) is 5.69 Å². The normalized spacial score (nSPS) is 10.8. The van der Waals surface area contributed by atoms with Crippen molar-refractivity contribution in [2.75, 3.05) is 12.3 Å². The number of rotatable bonds is 5. The molecule has 4 nitrogen and oxygen atoms in total. The van der Waals surface area contributed by atoms with E-state index in [9.17, 15) is 0 Å². The zero-order valence-corrected chi connectivity index (χ0v) is 12.6. The van der Waals surface area contributed by atoms with Gasteiger partial charge < -0.3 is 15.0 Å². The van der Waals surface area contributed by atoms with Crippen molar-refractivity contribution in [1.29, 1.82) is 0 Å². The van der Waals surface area contributed by atoms with Crippen LogP contribution < -0.4 is 10.5 Å². The Morgan fingerprint density at radius 3 is 2.86 bits per heavy atom. The van der Waals surface area contributed by atoms with E-state index in [0.717, 1.165) is 33.9 Å². The topological polar surface area (TPSA) is 53.1 Å². The number of aromatic nitrogens is 2. The van der Waals surface area contributed by atoms with Gasteiger partial charge in [-0.15, -0.1) is 6.58 Å². The lowest BCUT2D eigenvalue weighted by atomic mass is 10.2. The molecule has 0 bridgehead atoms. The third-order valence-corrected chi connectivity index (χ3v) is 3.49. The van der Waals surface area contributed by atoms with Gasteiger partial charge in [0, 0.05) is 23.9 Å². The number of fused-ring (bicyclic) bond motifs is 1. The first-order valence-corrected chi connectivity index (χ1v) is 7.33. The Balaban J connectivity index is 2.19. The minimum Gasteiger partial charge on any atom is -0.494 e. The Morgan fingerprint density at radius 2 is 2.14 bits per heavy atom. The molecule has 3 aromatic rings. The molecule has 0 radical (unpaired) electrons. The SMILES string of the molecule is C=CCn1c(-c2cccc(N)c2)nc2cc(OCC)ccc21. The van der Waals surface area contributed by atoms with Gasteiger partial charge in [-0.3, -0.25) is 0 Å². The maximum atomic E-state index is 5.90. The standard InChI is InChI=1S/C18H19N3O/c1-3-10-21-17-9-8-15(22-4-2)12-16(17)20-18(21)13-6-5-7-14(19)11-13/h3,5-9,11-12H,1,4,10,19H2,2H3. The summed E-state index contributed by atoms with van der Waals surface area (Å²) in [6.07, 6.45) is 1.87. The lowest BCUT2D eigenvalue weighted by Gasteiger charge is -2.07. The number of hydrogen-bond acceptors (Lipinski definition) is 3. The second-order valence-electron chi connectivity index (χ2n) is 5.04. The van der Waals surface area contributed by atoms with Crippen LogP contribution in [0, 0.1) is 0 Å². The predicted octanol–water partition coefficient (Wildman–Crippen LogP) is 3.87. The summed E-state index contributed by atoms with van der Waals surface area (Å²) in [6.45, 7) is 7.14. The van der Waals surface area contributed by atoms with Crippen molar-refractivity contribution in [2.24, 2.45) is 0 Å². The van der Waals surface area contributed by atoms with E-state index in [2.05, 4.69) is 11.1 Å². The molecule has 2 N–H and O–H groups in total. The van der Waals surface area contributed by atoms with Gasteiger partial charge in [0.05, 0.1) is 17.6 Å². The first-order valence-electron chi connectivity index (χ1n) is 7.33. The van der Waals surface area contributed by atoms with Crippen LogP contribution in [0.5, 0.6) is 5.75 Å². The summed E-state index contributed by atoms with van der Waals surface area (Å²) in [7, 11) is 0. The van der Waals surface area contributed by atoms with Gasteiger partial charge in [0.2, 0.25) is 0 Å². The van der Waals surface area contributed by atoms with Crippen molar-refractivity contribution in [3.63, 3.8) is 0 Å². The number of hydrogen-bond donors (Lipinski definition) is 1. The highest BCUT2D eigenvalue weighted by atomic mass is 16.5. The van der Waals surface area contributed by atoms with Crippen molar-refractivity contribution >= 4 is 16.7 Å². The Kier molecular flexibility index (Phi) is 3.83. The van der Waals surface area contributed by atoms with Gasteiger partial charge in [-0.1, -0.05) is 18.2 Å². The fourth-order valence-corrected chi connectivity index (χ4v) is 2.58. The minimum atomic E-state index is 0.640. The number of nitrogens with zero attached hydrogens (tertiary/aromatic N) is 2. The van der Waals surface area contributed by atoms with Crippen molar-refractivity contribution in [2.45, 2.75) is 13.5 Å². The van der Waals surface area contributed by atoms with E-state index >= 15 is 0 Å². The van der Waals surface area contributed by atoms with Crippen molar-refractivity contribution in [3.8, 4) is 17.1 Å². The van der Waals surface area contributed by atoms with E-state index < -0.39 is 0 Å². The molecule has 0 fully saturated rings. The summed E-state index contributed by atoms with van der Waals surface area (Å²) in [6, 6.07) is 13.7. The third kappa shape index (κ3) is 2.55. The Hall–Kier alpha value is -2.75. The van der Waals surface area contributed by atoms with E-state index in [1.807, 2.05) is 55.5 Å². The fraction of sp³-hybridized carbons (Fsp3) is 0.167. The quantitative estimate of drug-likeness (QED) is 0.574. The highest BCUT2D eigenvalue weighted by Gasteiger charge is 2.12. The average molecular weight is 293 g/mol. The van der Waals surface area contributed by atoms with Gasteiger partial charge in [0.15, 0.2) is 0 Å². The molecule has 2 aromatic carbocycles. The Labute approximate surface area is 129 Å². The lowest BCUT2D eigenvalue weighted by Crippen LogP contribution is -1.99. The third-order valence-electron chi connectivity index (χ3n) is 3.49. The molecule has 0 aliphatic rings. The lowest BCUT2D eigenvalue weighted by molar-refractivity contribution is 0.340. The van der Waals surface area contributed by atoms with Crippen molar-refractivity contribution < 1.29 is 4.74 Å². The number of imidazole rings is 1. The number of allylic oxidation sites excluding steroid dienone is 1. The van der Waals surface area contributed by atoms with E-state index in [1.54, 1.807) is 0 Å². The summed E-state index contributed by atoms with van der Waals surface area (Å²) in [5.74, 6) is 1.72. The fourth-order valence-electron chi connectivity index (χ4n) is 2.58. The number of nitrogens with two attached hydrogens (primary N) is 1. The van der Waals surface area contributed by atoms with Gasteiger partial charge in [-0.05, 0) is 31.2 Å². The molecule has 22 heavy (non-hydrogen) atoms. The zero-order valence-electron chi connectivity index (χ0n) is 12.6. The first kappa shape index (κ1) is 14.2. The summed E-state index contributed by atoms with van der Waals surface area (Å²) < 4.78 is 7.69. The van der Waals surface area contributed by atoms with E-state index in [4.69, 9.17) is 15.5 Å². The van der Waals surface area contributed by atoms with Crippen molar-refractivity contribution in [1.82, 2.24) is 9.55 Å². The Bertz CT molecular complexity index is 820. The van der Waals surface area contributed by atoms with Gasteiger partial charge in [-0.2, -0.15) is 0 Å². The number of ether oxygens (including phenoxy) is 1. The number of anilines is 1. The second kappa shape index (κ2) is 5.93. The summed E-state index contributed by atoms with van der Waals surface area (Å²) in [5.41, 5.74) is 9.59. The minimum absolute atomic E-state index is 0.640. The molecule has 112 valence electrons. The van der Waals surface area contributed by atoms with Crippen LogP contribution in [0.3, 0.4) is 0 Å². The first-order chi connectivity index (χ1) is 10.7. The molecule has 0 aliphatic heterocycles. The number of benzene rings is 2. The second-order valence-corrected chi connectivity index (χ2v) is 5.04. The summed E-state index contributed by atoms with van der Waals surface area (Å²) in [5, 5.41) is 0. The molecule has 0 atom stereocenters. The largest absolute Gasteiger partial charge is 0.494 e. The predicted molar refractivity (Wildman–Crippen MR) is 90.9 cm³/mol. The van der Waals surface area contributed by atoms with E-state index in [-0.39, 0.29) is 0 Å².